The van der Waals surface area contributed by atoms with Crippen LogP contribution in [0.2, 0.25) is 0 Å². The molecule has 2 aromatic heterocycles. The summed E-state index contributed by atoms with van der Waals surface area (Å²) in [5, 5.41) is 6.02. The number of H-pyrrole nitrogens is 2. The van der Waals surface area contributed by atoms with E-state index in [1.165, 1.54) is 0 Å². The third-order valence-corrected chi connectivity index (χ3v) is 13.5. The Balaban J connectivity index is 0.865. The lowest BCUT2D eigenvalue weighted by Gasteiger charge is -2.31. The first-order chi connectivity index (χ1) is 33.5. The molecule has 0 spiro atoms. The molecule has 2 saturated heterocycles. The van der Waals surface area contributed by atoms with Crippen molar-refractivity contribution in [2.75, 3.05) is 54.4 Å². The summed E-state index contributed by atoms with van der Waals surface area (Å²) < 4.78 is 13.0. The summed E-state index contributed by atoms with van der Waals surface area (Å²) in [6, 6.07) is 15.6. The molecule has 1 aliphatic carbocycles. The van der Waals surface area contributed by atoms with Crippen LogP contribution >= 0.6 is 0 Å². The van der Waals surface area contributed by atoms with Crippen molar-refractivity contribution in [2.24, 2.45) is 5.92 Å². The first-order valence-electron chi connectivity index (χ1n) is 23.7. The van der Waals surface area contributed by atoms with Gasteiger partial charge in [-0.15, -0.1) is 0 Å². The fourth-order valence-electron chi connectivity index (χ4n) is 10.3. The summed E-state index contributed by atoms with van der Waals surface area (Å²) in [6.07, 6.45) is 18.3. The monoisotopic (exact) mass is 930 g/mol. The van der Waals surface area contributed by atoms with Crippen molar-refractivity contribution in [3.05, 3.63) is 132 Å². The van der Waals surface area contributed by atoms with Crippen molar-refractivity contribution in [2.45, 2.75) is 63.1 Å². The van der Waals surface area contributed by atoms with Crippen LogP contribution < -0.4 is 20.1 Å². The topological polar surface area (TPSA) is 181 Å². The van der Waals surface area contributed by atoms with E-state index in [0.29, 0.717) is 38.0 Å². The van der Waals surface area contributed by atoms with E-state index in [0.717, 1.165) is 87.5 Å². The van der Waals surface area contributed by atoms with Crippen LogP contribution in [0.1, 0.15) is 72.1 Å². The van der Waals surface area contributed by atoms with Gasteiger partial charge in [-0.1, -0.05) is 66.8 Å². The Morgan fingerprint density at radius 3 is 1.71 bits per heavy atom. The number of allylic oxidation sites excluding steroid dienone is 4. The Morgan fingerprint density at radius 1 is 0.681 bits per heavy atom. The lowest BCUT2D eigenvalue weighted by atomic mass is 9.87. The third-order valence-electron chi connectivity index (χ3n) is 13.5. The van der Waals surface area contributed by atoms with E-state index < -0.39 is 12.1 Å². The Hall–Kier alpha value is -7.30. The summed E-state index contributed by atoms with van der Waals surface area (Å²) in [6.45, 7) is 2.14. The number of carbonyl (C=O) groups excluding carboxylic acids is 4. The maximum absolute atomic E-state index is 14.4. The molecule has 0 unspecified atom stereocenters. The minimum Gasteiger partial charge on any atom is -0.488 e. The van der Waals surface area contributed by atoms with Crippen molar-refractivity contribution in [1.29, 1.82) is 0 Å². The molecule has 0 saturated carbocycles. The molecule has 4 atom stereocenters. The first-order valence-corrected chi connectivity index (χ1v) is 23.7. The standard InChI is InChI=1S/C53H58N10O6/c1-60(2)28-44(64)58-48(32-14-8-5-6-9-15-32)52(66)62-20-12-18-40(62)50-54-26-38(56-50)34-22-36-30-69-43-25-35(23-37-31-68-42(24-34)46(36)47(37)43)39-27-55-51(57-39)41-19-13-21-63(41)53(67)49(33-16-10-7-11-17-33)59-45(65)29-61(3)4/h5-11,14-17,22-27,32,40-41,48-49H,12-13,18-21,28-31H2,1-4H3,(H,54,56)(H,55,57)(H,58,64)(H,59,65)/t40-,41-,48+,49+/m0/s1. The number of likely N-dealkylation sites (tertiary alicyclic amines) is 2. The molecule has 0 bridgehead atoms. The predicted octanol–water partition coefficient (Wildman–Crippen LogP) is 6.01. The van der Waals surface area contributed by atoms with Crippen LogP contribution in [0.25, 0.3) is 33.6 Å². The number of hydrogen-bond donors (Lipinski definition) is 4. The Bertz CT molecular complexity index is 2800. The third kappa shape index (κ3) is 9.33. The van der Waals surface area contributed by atoms with Gasteiger partial charge < -0.3 is 49.7 Å². The molecule has 16 nitrogen and oxygen atoms in total. The van der Waals surface area contributed by atoms with Gasteiger partial charge in [-0.05, 0) is 83.7 Å². The lowest BCUT2D eigenvalue weighted by molar-refractivity contribution is -0.138. The highest BCUT2D eigenvalue weighted by atomic mass is 16.5. The Kier molecular flexibility index (Phi) is 12.8. The van der Waals surface area contributed by atoms with Gasteiger partial charge in [-0.25, -0.2) is 9.97 Å². The quantitative estimate of drug-likeness (QED) is 0.103. The molecule has 69 heavy (non-hydrogen) atoms. The van der Waals surface area contributed by atoms with E-state index in [1.807, 2.05) is 129 Å². The molecule has 2 fully saturated rings. The number of ether oxygens (including phenoxy) is 2. The summed E-state index contributed by atoms with van der Waals surface area (Å²) in [5.74, 6) is 1.87. The molecule has 10 rings (SSSR count). The van der Waals surface area contributed by atoms with Crippen LogP contribution in [0.15, 0.2) is 103 Å². The summed E-state index contributed by atoms with van der Waals surface area (Å²) in [5.41, 5.74) is 8.14. The van der Waals surface area contributed by atoms with Crippen molar-refractivity contribution in [3.8, 4) is 45.1 Å². The molecular formula is C53H58N10O6. The molecule has 4 aliphatic heterocycles. The molecular weight excluding hydrogens is 873 g/mol. The largest absolute Gasteiger partial charge is 0.488 e. The van der Waals surface area contributed by atoms with Crippen molar-refractivity contribution >= 4 is 23.6 Å². The SMILES string of the molecule is CN(C)CC(=O)N[C@@H](C(=O)N1CCC[C@H]1c1ncc(-c2cc3c4c(c2)OCc2cc(-c5cnc([C@@H]6CCCN6C(=O)[C@H](NC(=O)CN(C)C)C6C=CC=CC=C6)[nH]5)cc(c2-4)OC3)[nH]1)c1ccccc1. The number of amides is 4. The fourth-order valence-corrected chi connectivity index (χ4v) is 10.3. The Morgan fingerprint density at radius 2 is 1.19 bits per heavy atom. The number of likely N-dealkylation sites (N-methyl/N-ethyl adjacent to an activating group) is 2. The zero-order valence-electron chi connectivity index (χ0n) is 39.4. The molecule has 4 amide bonds. The van der Waals surface area contributed by atoms with E-state index in [4.69, 9.17) is 19.4 Å². The second-order valence-corrected chi connectivity index (χ2v) is 19.0. The molecule has 5 aromatic rings. The van der Waals surface area contributed by atoms with Crippen LogP contribution in [0.3, 0.4) is 0 Å². The van der Waals surface area contributed by atoms with E-state index in [-0.39, 0.29) is 54.7 Å². The molecule has 16 heteroatoms. The van der Waals surface area contributed by atoms with Crippen LogP contribution in [0, 0.1) is 5.92 Å². The van der Waals surface area contributed by atoms with Gasteiger partial charge >= 0.3 is 0 Å². The van der Waals surface area contributed by atoms with Crippen LogP contribution in [-0.2, 0) is 32.4 Å². The van der Waals surface area contributed by atoms with Gasteiger partial charge in [0.05, 0.1) is 49.0 Å². The number of nitrogens with one attached hydrogen (secondary N) is 4. The highest BCUT2D eigenvalue weighted by Gasteiger charge is 2.40. The van der Waals surface area contributed by atoms with E-state index in [9.17, 15) is 19.2 Å². The smallest absolute Gasteiger partial charge is 0.250 e. The lowest BCUT2D eigenvalue weighted by Crippen LogP contribution is -2.53. The minimum absolute atomic E-state index is 0.137. The Labute approximate surface area is 401 Å². The molecule has 4 N–H and O–H groups in total. The fraction of sp³-hybridized carbons (Fsp3) is 0.358. The van der Waals surface area contributed by atoms with E-state index >= 15 is 0 Å². The molecule has 3 aromatic carbocycles. The number of aromatic amines is 2. The second kappa shape index (κ2) is 19.4. The highest BCUT2D eigenvalue weighted by molar-refractivity contribution is 5.91. The molecule has 356 valence electrons. The number of hydrogen-bond acceptors (Lipinski definition) is 10. The van der Waals surface area contributed by atoms with Gasteiger partial charge in [0.2, 0.25) is 23.6 Å². The van der Waals surface area contributed by atoms with E-state index in [2.05, 4.69) is 32.7 Å². The highest BCUT2D eigenvalue weighted by Crippen LogP contribution is 2.51. The summed E-state index contributed by atoms with van der Waals surface area (Å²) in [4.78, 5) is 78.6. The zero-order chi connectivity index (χ0) is 47.8. The number of nitrogens with zero attached hydrogens (tertiary/aromatic N) is 6. The van der Waals surface area contributed by atoms with Crippen LogP contribution in [0.5, 0.6) is 11.5 Å². The predicted molar refractivity (Wildman–Crippen MR) is 260 cm³/mol. The number of rotatable bonds is 14. The minimum atomic E-state index is -0.820. The maximum atomic E-state index is 14.4. The molecule has 5 aliphatic rings. The molecule has 6 heterocycles. The number of aromatic nitrogens is 4. The van der Waals surface area contributed by atoms with Crippen LogP contribution in [-0.4, -0.2) is 124 Å². The number of imidazole rings is 2. The van der Waals surface area contributed by atoms with Crippen molar-refractivity contribution in [3.63, 3.8) is 0 Å². The van der Waals surface area contributed by atoms with Gasteiger partial charge in [0.25, 0.3) is 0 Å². The van der Waals surface area contributed by atoms with Gasteiger partial charge in [-0.3, -0.25) is 19.2 Å². The average Bonchev–Trinajstić information content (AvgIpc) is 4.18. The van der Waals surface area contributed by atoms with Crippen LogP contribution in [0.4, 0.5) is 0 Å². The van der Waals surface area contributed by atoms with Gasteiger partial charge in [-0.2, -0.15) is 0 Å². The van der Waals surface area contributed by atoms with Gasteiger partial charge in [0.15, 0.2) is 0 Å². The van der Waals surface area contributed by atoms with Crippen molar-refractivity contribution in [1.82, 2.24) is 50.2 Å². The normalized spacial score (nSPS) is 19.0. The number of benzene rings is 3. The first kappa shape index (κ1) is 45.5. The van der Waals surface area contributed by atoms with E-state index in [1.54, 1.807) is 9.80 Å². The van der Waals surface area contributed by atoms with Gasteiger partial charge in [0, 0.05) is 52.4 Å². The van der Waals surface area contributed by atoms with Crippen molar-refractivity contribution < 1.29 is 28.7 Å². The average molecular weight is 931 g/mol. The maximum Gasteiger partial charge on any atom is 0.250 e. The van der Waals surface area contributed by atoms with Gasteiger partial charge in [0.1, 0.15) is 48.4 Å². The summed E-state index contributed by atoms with van der Waals surface area (Å²) >= 11 is 0. The number of carbonyl (C=O) groups is 4. The summed E-state index contributed by atoms with van der Waals surface area (Å²) in [7, 11) is 7.30. The second-order valence-electron chi connectivity index (χ2n) is 19.0. The molecule has 0 radical (unpaired) electrons. The zero-order valence-corrected chi connectivity index (χ0v) is 39.4.